The van der Waals surface area contributed by atoms with Crippen molar-refractivity contribution in [2.24, 2.45) is 0 Å². The van der Waals surface area contributed by atoms with E-state index in [1.165, 1.54) is 24.3 Å². The third-order valence-electron chi connectivity index (χ3n) is 4.40. The number of anilines is 1. The average Bonchev–Trinajstić information content (AvgIpc) is 3.13. The molecule has 0 fully saturated rings. The molecule has 0 spiro atoms. The molecule has 1 aromatic carbocycles. The van der Waals surface area contributed by atoms with Crippen LogP contribution in [0.2, 0.25) is 0 Å². The van der Waals surface area contributed by atoms with Gasteiger partial charge in [-0.25, -0.2) is 9.50 Å². The Balaban J connectivity index is 1.59. The fraction of sp³-hybridized carbons (Fsp3) is 0.316. The number of aromatic hydroxyl groups is 1. The molecule has 1 amide bonds. The van der Waals surface area contributed by atoms with Crippen LogP contribution in [0.1, 0.15) is 29.2 Å². The van der Waals surface area contributed by atoms with Crippen molar-refractivity contribution in [3.63, 3.8) is 0 Å². The van der Waals surface area contributed by atoms with Gasteiger partial charge in [0.1, 0.15) is 5.75 Å². The molecule has 0 radical (unpaired) electrons. The van der Waals surface area contributed by atoms with E-state index in [2.05, 4.69) is 20.4 Å². The lowest BCUT2D eigenvalue weighted by atomic mass is 10.1. The highest BCUT2D eigenvalue weighted by Crippen LogP contribution is 2.27. The Bertz CT molecular complexity index is 1130. The molecule has 9 nitrogen and oxygen atoms in total. The molecular formula is C19H18F3N5O4. The number of nitrogens with zero attached hydrogens (tertiary/aromatic N) is 4. The molecule has 2 N–H and O–H groups in total. The maximum absolute atomic E-state index is 12.8. The topological polar surface area (TPSA) is 119 Å². The highest BCUT2D eigenvalue weighted by molar-refractivity contribution is 5.92. The summed E-state index contributed by atoms with van der Waals surface area (Å²) < 4.78 is 44.5. The van der Waals surface area contributed by atoms with E-state index in [4.69, 9.17) is 4.74 Å². The van der Waals surface area contributed by atoms with E-state index in [9.17, 15) is 27.9 Å². The van der Waals surface area contributed by atoms with Gasteiger partial charge in [-0.05, 0) is 50.1 Å². The van der Waals surface area contributed by atoms with Gasteiger partial charge in [-0.1, -0.05) is 0 Å². The number of carbonyl (C=O) groups is 2. The average molecular weight is 437 g/mol. The third kappa shape index (κ3) is 5.27. The Morgan fingerprint density at radius 1 is 1.16 bits per heavy atom. The molecule has 0 unspecified atom stereocenters. The molecule has 0 bridgehead atoms. The Morgan fingerprint density at radius 3 is 2.48 bits per heavy atom. The maximum atomic E-state index is 12.8. The number of hydrogen-bond acceptors (Lipinski definition) is 7. The quantitative estimate of drug-likeness (QED) is 0.449. The van der Waals surface area contributed by atoms with Gasteiger partial charge < -0.3 is 15.2 Å². The standard InChI is InChI=1S/C19H18F3N5O4/c1-10-14(11(2)27-18(23-10)25-17(26-27)19(20,21)22)7-8-16(30)31-9-15(29)24-12-3-5-13(28)6-4-12/h3-6,28H,7-9H2,1-2H3,(H,24,29). The number of hydrogen-bond donors (Lipinski definition) is 2. The summed E-state index contributed by atoms with van der Waals surface area (Å²) in [5.74, 6) is -2.65. The molecule has 164 valence electrons. The first kappa shape index (κ1) is 22.0. The van der Waals surface area contributed by atoms with Gasteiger partial charge in [0, 0.05) is 23.5 Å². The van der Waals surface area contributed by atoms with Gasteiger partial charge in [0.2, 0.25) is 0 Å². The lowest BCUT2D eigenvalue weighted by molar-refractivity contribution is -0.147. The van der Waals surface area contributed by atoms with Crippen LogP contribution < -0.4 is 5.32 Å². The molecule has 0 atom stereocenters. The highest BCUT2D eigenvalue weighted by atomic mass is 19.4. The molecule has 0 aliphatic heterocycles. The van der Waals surface area contributed by atoms with Gasteiger partial charge in [0.15, 0.2) is 6.61 Å². The molecule has 2 heterocycles. The zero-order valence-electron chi connectivity index (χ0n) is 16.5. The van der Waals surface area contributed by atoms with E-state index < -0.39 is 30.5 Å². The number of nitrogens with one attached hydrogen (secondary N) is 1. The summed E-state index contributed by atoms with van der Waals surface area (Å²) >= 11 is 0. The molecule has 0 saturated heterocycles. The number of rotatable bonds is 6. The van der Waals surface area contributed by atoms with E-state index in [1.807, 2.05) is 0 Å². The van der Waals surface area contributed by atoms with E-state index in [-0.39, 0.29) is 24.4 Å². The summed E-state index contributed by atoms with van der Waals surface area (Å²) in [7, 11) is 0. The van der Waals surface area contributed by atoms with Crippen molar-refractivity contribution < 1.29 is 32.6 Å². The van der Waals surface area contributed by atoms with Crippen molar-refractivity contribution in [2.45, 2.75) is 32.9 Å². The second-order valence-electron chi connectivity index (χ2n) is 6.66. The number of benzene rings is 1. The molecule has 3 rings (SSSR count). The van der Waals surface area contributed by atoms with Crippen molar-refractivity contribution in [3.05, 3.63) is 47.0 Å². The Hall–Kier alpha value is -3.70. The van der Waals surface area contributed by atoms with E-state index >= 15 is 0 Å². The summed E-state index contributed by atoms with van der Waals surface area (Å²) in [5.41, 5.74) is 1.76. The number of alkyl halides is 3. The van der Waals surface area contributed by atoms with Crippen LogP contribution in [0, 0.1) is 13.8 Å². The van der Waals surface area contributed by atoms with Gasteiger partial charge in [-0.3, -0.25) is 9.59 Å². The van der Waals surface area contributed by atoms with Crippen LogP contribution in [0.4, 0.5) is 18.9 Å². The van der Waals surface area contributed by atoms with Gasteiger partial charge >= 0.3 is 12.1 Å². The van der Waals surface area contributed by atoms with Crippen molar-refractivity contribution in [2.75, 3.05) is 11.9 Å². The minimum Gasteiger partial charge on any atom is -0.508 e. The molecule has 3 aromatic rings. The number of aromatic nitrogens is 4. The largest absolute Gasteiger partial charge is 0.508 e. The van der Waals surface area contributed by atoms with Crippen molar-refractivity contribution in [1.82, 2.24) is 19.6 Å². The minimum atomic E-state index is -4.70. The van der Waals surface area contributed by atoms with E-state index in [1.54, 1.807) is 13.8 Å². The summed E-state index contributed by atoms with van der Waals surface area (Å²) in [6, 6.07) is 5.75. The molecule has 0 saturated carbocycles. The lowest BCUT2D eigenvalue weighted by Crippen LogP contribution is -2.21. The number of ether oxygens (including phenoxy) is 1. The number of fused-ring (bicyclic) bond motifs is 1. The number of phenolic OH excluding ortho intramolecular Hbond substituents is 1. The number of halogens is 3. The number of phenols is 1. The zero-order chi connectivity index (χ0) is 22.8. The van der Waals surface area contributed by atoms with E-state index in [0.717, 1.165) is 4.52 Å². The summed E-state index contributed by atoms with van der Waals surface area (Å²) in [5, 5.41) is 15.2. The summed E-state index contributed by atoms with van der Waals surface area (Å²) in [4.78, 5) is 31.3. The van der Waals surface area contributed by atoms with Gasteiger partial charge in [0.25, 0.3) is 17.5 Å². The monoisotopic (exact) mass is 437 g/mol. The minimum absolute atomic E-state index is 0.0446. The number of carbonyl (C=O) groups excluding carboxylic acids is 2. The fourth-order valence-electron chi connectivity index (χ4n) is 2.88. The predicted octanol–water partition coefficient (Wildman–Crippen LogP) is 2.58. The molecule has 2 aromatic heterocycles. The van der Waals surface area contributed by atoms with Crippen LogP contribution in [0.15, 0.2) is 24.3 Å². The van der Waals surface area contributed by atoms with Crippen LogP contribution in [0.5, 0.6) is 5.75 Å². The van der Waals surface area contributed by atoms with Crippen LogP contribution in [0.3, 0.4) is 0 Å². The SMILES string of the molecule is Cc1nc2nc(C(F)(F)F)nn2c(C)c1CCC(=O)OCC(=O)Nc1ccc(O)cc1. The van der Waals surface area contributed by atoms with Crippen LogP contribution in [-0.4, -0.2) is 43.2 Å². The first-order chi connectivity index (χ1) is 14.5. The second-order valence-corrected chi connectivity index (χ2v) is 6.66. The zero-order valence-corrected chi connectivity index (χ0v) is 16.5. The normalized spacial score (nSPS) is 11.5. The van der Waals surface area contributed by atoms with E-state index in [0.29, 0.717) is 22.6 Å². The van der Waals surface area contributed by atoms with Crippen molar-refractivity contribution >= 4 is 23.3 Å². The Labute approximate surface area is 173 Å². The number of esters is 1. The fourth-order valence-corrected chi connectivity index (χ4v) is 2.88. The highest BCUT2D eigenvalue weighted by Gasteiger charge is 2.37. The summed E-state index contributed by atoms with van der Waals surface area (Å²) in [6.45, 7) is 2.65. The predicted molar refractivity (Wildman–Crippen MR) is 101 cm³/mol. The smallest absolute Gasteiger partial charge is 0.453 e. The molecule has 31 heavy (non-hydrogen) atoms. The van der Waals surface area contributed by atoms with Gasteiger partial charge in [-0.2, -0.15) is 18.2 Å². The number of aryl methyl sites for hydroxylation is 2. The lowest BCUT2D eigenvalue weighted by Gasteiger charge is -2.10. The van der Waals surface area contributed by atoms with Gasteiger partial charge in [-0.15, -0.1) is 5.10 Å². The maximum Gasteiger partial charge on any atom is 0.453 e. The molecule has 0 aliphatic rings. The first-order valence-corrected chi connectivity index (χ1v) is 9.09. The third-order valence-corrected chi connectivity index (χ3v) is 4.40. The van der Waals surface area contributed by atoms with Crippen LogP contribution in [-0.2, 0) is 26.9 Å². The van der Waals surface area contributed by atoms with Crippen LogP contribution >= 0.6 is 0 Å². The molecule has 0 aliphatic carbocycles. The molecule has 12 heteroatoms. The Morgan fingerprint density at radius 2 is 1.84 bits per heavy atom. The van der Waals surface area contributed by atoms with Crippen LogP contribution in [0.25, 0.3) is 5.78 Å². The van der Waals surface area contributed by atoms with Gasteiger partial charge in [0.05, 0.1) is 0 Å². The summed E-state index contributed by atoms with van der Waals surface area (Å²) in [6.07, 6.45) is -4.67. The Kier molecular flexibility index (Phi) is 6.09. The molecular weight excluding hydrogens is 419 g/mol. The van der Waals surface area contributed by atoms with Crippen molar-refractivity contribution in [1.29, 1.82) is 0 Å². The number of amides is 1. The van der Waals surface area contributed by atoms with Crippen molar-refractivity contribution in [3.8, 4) is 5.75 Å². The first-order valence-electron chi connectivity index (χ1n) is 9.09. The second kappa shape index (κ2) is 8.58.